The summed E-state index contributed by atoms with van der Waals surface area (Å²) in [5.74, 6) is 0.905. The minimum atomic E-state index is 0.0591. The first-order chi connectivity index (χ1) is 12.7. The van der Waals surface area contributed by atoms with Gasteiger partial charge in [-0.3, -0.25) is 4.79 Å². The molecule has 1 N–H and O–H groups in total. The lowest BCUT2D eigenvalue weighted by atomic mass is 10.1. The van der Waals surface area contributed by atoms with E-state index >= 15 is 0 Å². The molecule has 0 aliphatic carbocycles. The van der Waals surface area contributed by atoms with Gasteiger partial charge in [-0.1, -0.05) is 23.7 Å². The van der Waals surface area contributed by atoms with E-state index in [0.717, 1.165) is 35.4 Å². The van der Waals surface area contributed by atoms with Gasteiger partial charge in [-0.2, -0.15) is 0 Å². The van der Waals surface area contributed by atoms with Crippen molar-refractivity contribution in [2.75, 3.05) is 38.2 Å². The number of carbonyl (C=O) groups is 1. The highest BCUT2D eigenvalue weighted by Gasteiger charge is 2.24. The van der Waals surface area contributed by atoms with Crippen molar-refractivity contribution >= 4 is 34.1 Å². The molecule has 1 amide bonds. The van der Waals surface area contributed by atoms with Gasteiger partial charge in [-0.15, -0.1) is 0 Å². The number of H-pyrrole nitrogens is 1. The summed E-state index contributed by atoms with van der Waals surface area (Å²) in [7, 11) is 1.67. The number of amides is 1. The number of fused-ring (bicyclic) bond motifs is 1. The molecule has 5 nitrogen and oxygen atoms in total. The van der Waals surface area contributed by atoms with Gasteiger partial charge in [0.1, 0.15) is 5.75 Å². The van der Waals surface area contributed by atoms with E-state index in [1.54, 1.807) is 13.3 Å². The Bertz CT molecular complexity index is 945. The Morgan fingerprint density at radius 3 is 2.69 bits per heavy atom. The molecule has 2 aromatic carbocycles. The van der Waals surface area contributed by atoms with Gasteiger partial charge in [-0.25, -0.2) is 0 Å². The summed E-state index contributed by atoms with van der Waals surface area (Å²) in [6.45, 7) is 2.98. The molecule has 1 aliphatic heterocycles. The van der Waals surface area contributed by atoms with E-state index in [0.29, 0.717) is 23.7 Å². The maximum absolute atomic E-state index is 12.9. The molecule has 0 bridgehead atoms. The average molecular weight is 370 g/mol. The number of anilines is 1. The van der Waals surface area contributed by atoms with E-state index in [9.17, 15) is 4.79 Å². The highest BCUT2D eigenvalue weighted by molar-refractivity contribution is 6.31. The van der Waals surface area contributed by atoms with Crippen LogP contribution in [0, 0.1) is 0 Å². The van der Waals surface area contributed by atoms with Crippen molar-refractivity contribution in [3.8, 4) is 5.75 Å². The predicted molar refractivity (Wildman–Crippen MR) is 104 cm³/mol. The van der Waals surface area contributed by atoms with Gasteiger partial charge in [0.15, 0.2) is 0 Å². The molecule has 1 aliphatic rings. The molecule has 1 saturated heterocycles. The number of aromatic amines is 1. The van der Waals surface area contributed by atoms with Gasteiger partial charge in [0.05, 0.1) is 12.7 Å². The molecule has 4 rings (SSSR count). The normalized spacial score (nSPS) is 14.7. The monoisotopic (exact) mass is 369 g/mol. The number of carbonyl (C=O) groups excluding carboxylic acids is 1. The molecule has 0 radical (unpaired) electrons. The van der Waals surface area contributed by atoms with Crippen molar-refractivity contribution in [3.63, 3.8) is 0 Å². The van der Waals surface area contributed by atoms with Gasteiger partial charge >= 0.3 is 0 Å². The Balaban J connectivity index is 1.47. The van der Waals surface area contributed by atoms with E-state index in [-0.39, 0.29) is 5.91 Å². The molecule has 3 aromatic rings. The Labute approximate surface area is 157 Å². The third-order valence-electron chi connectivity index (χ3n) is 4.86. The SMILES string of the molecule is COc1cccc(N2CCN(C(=O)c3c[nH]c4cc(Cl)ccc34)CC2)c1. The molecule has 26 heavy (non-hydrogen) atoms. The molecule has 1 aromatic heterocycles. The summed E-state index contributed by atoms with van der Waals surface area (Å²) in [6.07, 6.45) is 1.78. The largest absolute Gasteiger partial charge is 0.497 e. The van der Waals surface area contributed by atoms with Gasteiger partial charge in [-0.05, 0) is 24.3 Å². The van der Waals surface area contributed by atoms with Crippen molar-refractivity contribution in [2.45, 2.75) is 0 Å². The van der Waals surface area contributed by atoms with E-state index < -0.39 is 0 Å². The zero-order valence-corrected chi connectivity index (χ0v) is 15.3. The van der Waals surface area contributed by atoms with Crippen LogP contribution in [-0.4, -0.2) is 49.1 Å². The first kappa shape index (κ1) is 16.8. The number of benzene rings is 2. The van der Waals surface area contributed by atoms with Crippen LogP contribution in [0.3, 0.4) is 0 Å². The average Bonchev–Trinajstić information content (AvgIpc) is 3.10. The molecule has 0 saturated carbocycles. The van der Waals surface area contributed by atoms with Crippen LogP contribution in [-0.2, 0) is 0 Å². The third-order valence-corrected chi connectivity index (χ3v) is 5.09. The van der Waals surface area contributed by atoms with Crippen LogP contribution in [0.2, 0.25) is 5.02 Å². The molecule has 0 atom stereocenters. The fourth-order valence-electron chi connectivity index (χ4n) is 3.42. The maximum Gasteiger partial charge on any atom is 0.256 e. The molecule has 1 fully saturated rings. The van der Waals surface area contributed by atoms with Crippen LogP contribution < -0.4 is 9.64 Å². The first-order valence-corrected chi connectivity index (χ1v) is 8.98. The standard InChI is InChI=1S/C20H20ClN3O2/c1-26-16-4-2-3-15(12-16)23-7-9-24(10-8-23)20(25)18-13-22-19-11-14(21)5-6-17(18)19/h2-6,11-13,22H,7-10H2,1H3. The Hall–Kier alpha value is -2.66. The molecule has 134 valence electrons. The highest BCUT2D eigenvalue weighted by atomic mass is 35.5. The van der Waals surface area contributed by atoms with Crippen LogP contribution in [0.25, 0.3) is 10.9 Å². The molecule has 6 heteroatoms. The minimum Gasteiger partial charge on any atom is -0.497 e. The van der Waals surface area contributed by atoms with Crippen molar-refractivity contribution in [1.29, 1.82) is 0 Å². The maximum atomic E-state index is 12.9. The highest BCUT2D eigenvalue weighted by Crippen LogP contribution is 2.25. The zero-order valence-electron chi connectivity index (χ0n) is 14.5. The Morgan fingerprint density at radius 2 is 1.92 bits per heavy atom. The number of methoxy groups -OCH3 is 1. The van der Waals surface area contributed by atoms with Gasteiger partial charge in [0, 0.05) is 60.1 Å². The molecule has 0 unspecified atom stereocenters. The molecular formula is C20H20ClN3O2. The van der Waals surface area contributed by atoms with E-state index in [1.165, 1.54) is 0 Å². The van der Waals surface area contributed by atoms with Gasteiger partial charge in [0.2, 0.25) is 0 Å². The second kappa shape index (κ2) is 6.92. The number of aromatic nitrogens is 1. The number of nitrogens with one attached hydrogen (secondary N) is 1. The second-order valence-corrected chi connectivity index (χ2v) is 6.81. The summed E-state index contributed by atoms with van der Waals surface area (Å²) in [4.78, 5) is 20.3. The number of nitrogens with zero attached hydrogens (tertiary/aromatic N) is 2. The van der Waals surface area contributed by atoms with Crippen LogP contribution >= 0.6 is 11.6 Å². The number of ether oxygens (including phenoxy) is 1. The van der Waals surface area contributed by atoms with E-state index in [2.05, 4.69) is 16.0 Å². The summed E-state index contributed by atoms with van der Waals surface area (Å²) >= 11 is 6.02. The Morgan fingerprint density at radius 1 is 1.12 bits per heavy atom. The predicted octanol–water partition coefficient (Wildman–Crippen LogP) is 3.79. The lowest BCUT2D eigenvalue weighted by Gasteiger charge is -2.36. The lowest BCUT2D eigenvalue weighted by Crippen LogP contribution is -2.48. The zero-order chi connectivity index (χ0) is 18.1. The van der Waals surface area contributed by atoms with Crippen LogP contribution in [0.1, 0.15) is 10.4 Å². The number of hydrogen-bond acceptors (Lipinski definition) is 3. The quantitative estimate of drug-likeness (QED) is 0.764. The lowest BCUT2D eigenvalue weighted by molar-refractivity contribution is 0.0749. The van der Waals surface area contributed by atoms with Crippen molar-refractivity contribution in [3.05, 3.63) is 59.2 Å². The number of piperazine rings is 1. The van der Waals surface area contributed by atoms with Crippen molar-refractivity contribution < 1.29 is 9.53 Å². The Kier molecular flexibility index (Phi) is 4.47. The number of rotatable bonds is 3. The molecule has 2 heterocycles. The van der Waals surface area contributed by atoms with Crippen LogP contribution in [0.15, 0.2) is 48.7 Å². The topological polar surface area (TPSA) is 48.6 Å². The van der Waals surface area contributed by atoms with Crippen molar-refractivity contribution in [2.24, 2.45) is 0 Å². The second-order valence-electron chi connectivity index (χ2n) is 6.37. The summed E-state index contributed by atoms with van der Waals surface area (Å²) in [5, 5.41) is 1.57. The molecular weight excluding hydrogens is 350 g/mol. The smallest absolute Gasteiger partial charge is 0.256 e. The summed E-state index contributed by atoms with van der Waals surface area (Å²) in [5.41, 5.74) is 2.71. The number of hydrogen-bond donors (Lipinski definition) is 1. The van der Waals surface area contributed by atoms with E-state index in [4.69, 9.17) is 16.3 Å². The summed E-state index contributed by atoms with van der Waals surface area (Å²) in [6, 6.07) is 13.6. The third kappa shape index (κ3) is 3.10. The van der Waals surface area contributed by atoms with Crippen molar-refractivity contribution in [1.82, 2.24) is 9.88 Å². The number of halogens is 1. The van der Waals surface area contributed by atoms with Crippen LogP contribution in [0.4, 0.5) is 5.69 Å². The fraction of sp³-hybridized carbons (Fsp3) is 0.250. The van der Waals surface area contributed by atoms with Gasteiger partial charge < -0.3 is 19.5 Å². The van der Waals surface area contributed by atoms with Gasteiger partial charge in [0.25, 0.3) is 5.91 Å². The first-order valence-electron chi connectivity index (χ1n) is 8.60. The van der Waals surface area contributed by atoms with Crippen LogP contribution in [0.5, 0.6) is 5.75 Å². The summed E-state index contributed by atoms with van der Waals surface area (Å²) < 4.78 is 5.30. The minimum absolute atomic E-state index is 0.0591. The fourth-order valence-corrected chi connectivity index (χ4v) is 3.59. The molecule has 0 spiro atoms. The van der Waals surface area contributed by atoms with E-state index in [1.807, 2.05) is 41.3 Å².